The van der Waals surface area contributed by atoms with E-state index < -0.39 is 0 Å². The minimum Gasteiger partial charge on any atom is -0.126 e. The average molecular weight is 303 g/mol. The summed E-state index contributed by atoms with van der Waals surface area (Å²) in [7, 11) is 0. The van der Waals surface area contributed by atoms with E-state index in [1.165, 1.54) is 22.0 Å². The van der Waals surface area contributed by atoms with Gasteiger partial charge in [0.2, 0.25) is 0 Å². The lowest BCUT2D eigenvalue weighted by Gasteiger charge is -2.20. The van der Waals surface area contributed by atoms with Crippen LogP contribution in [0.2, 0.25) is 0 Å². The van der Waals surface area contributed by atoms with Crippen molar-refractivity contribution in [3.8, 4) is 0 Å². The molecule has 106 valence electrons. The molecule has 2 aromatic carbocycles. The molecule has 0 saturated heterocycles. The third-order valence-electron chi connectivity index (χ3n) is 3.19. The molecule has 0 radical (unpaired) electrons. The van der Waals surface area contributed by atoms with Crippen molar-refractivity contribution < 1.29 is 0 Å². The number of thioether (sulfide) groups is 2. The van der Waals surface area contributed by atoms with Gasteiger partial charge in [-0.15, -0.1) is 23.5 Å². The SMILES string of the molecule is CC(C)C(CCSc1ccccc1)Sc1ccccc1. The Labute approximate surface area is 131 Å². The molecule has 0 fully saturated rings. The van der Waals surface area contributed by atoms with Gasteiger partial charge in [-0.05, 0) is 42.4 Å². The van der Waals surface area contributed by atoms with Gasteiger partial charge in [0.1, 0.15) is 0 Å². The van der Waals surface area contributed by atoms with Crippen molar-refractivity contribution in [2.45, 2.75) is 35.3 Å². The summed E-state index contributed by atoms with van der Waals surface area (Å²) in [5, 5.41) is 0.689. The van der Waals surface area contributed by atoms with Crippen molar-refractivity contribution in [3.63, 3.8) is 0 Å². The lowest BCUT2D eigenvalue weighted by atomic mass is 10.1. The van der Waals surface area contributed by atoms with Gasteiger partial charge in [0.25, 0.3) is 0 Å². The molecule has 0 spiro atoms. The number of hydrogen-bond donors (Lipinski definition) is 0. The molecule has 0 heterocycles. The Morgan fingerprint density at radius 1 is 0.800 bits per heavy atom. The highest BCUT2D eigenvalue weighted by atomic mass is 32.2. The average Bonchev–Trinajstić information content (AvgIpc) is 2.48. The fraction of sp³-hybridized carbons (Fsp3) is 0.333. The van der Waals surface area contributed by atoms with E-state index in [1.54, 1.807) is 0 Å². The van der Waals surface area contributed by atoms with E-state index in [-0.39, 0.29) is 0 Å². The van der Waals surface area contributed by atoms with Gasteiger partial charge in [-0.2, -0.15) is 0 Å². The molecule has 1 unspecified atom stereocenters. The standard InChI is InChI=1S/C18H22S2/c1-15(2)18(20-17-11-7-4-8-12-17)13-14-19-16-9-5-3-6-10-16/h3-12,15,18H,13-14H2,1-2H3. The molecule has 20 heavy (non-hydrogen) atoms. The van der Waals surface area contributed by atoms with Crippen LogP contribution in [0.25, 0.3) is 0 Å². The maximum Gasteiger partial charge on any atom is 0.0125 e. The first-order valence-corrected chi connectivity index (χ1v) is 9.02. The summed E-state index contributed by atoms with van der Waals surface area (Å²) < 4.78 is 0. The Bertz CT molecular complexity index is 479. The molecule has 0 aliphatic heterocycles. The molecule has 2 rings (SSSR count). The van der Waals surface area contributed by atoms with Crippen molar-refractivity contribution in [1.82, 2.24) is 0 Å². The molecule has 2 aromatic rings. The molecule has 0 amide bonds. The van der Waals surface area contributed by atoms with Gasteiger partial charge < -0.3 is 0 Å². The van der Waals surface area contributed by atoms with Gasteiger partial charge >= 0.3 is 0 Å². The van der Waals surface area contributed by atoms with Crippen LogP contribution < -0.4 is 0 Å². The Morgan fingerprint density at radius 3 is 1.90 bits per heavy atom. The van der Waals surface area contributed by atoms with E-state index in [1.807, 2.05) is 23.5 Å². The zero-order valence-electron chi connectivity index (χ0n) is 12.2. The van der Waals surface area contributed by atoms with Gasteiger partial charge in [0.15, 0.2) is 0 Å². The van der Waals surface area contributed by atoms with Crippen LogP contribution >= 0.6 is 23.5 Å². The molecular weight excluding hydrogens is 280 g/mol. The molecule has 2 heteroatoms. The molecule has 0 aromatic heterocycles. The highest BCUT2D eigenvalue weighted by Crippen LogP contribution is 2.32. The largest absolute Gasteiger partial charge is 0.126 e. The van der Waals surface area contributed by atoms with Crippen LogP contribution in [0.3, 0.4) is 0 Å². The fourth-order valence-electron chi connectivity index (χ4n) is 2.01. The van der Waals surface area contributed by atoms with Crippen molar-refractivity contribution in [2.75, 3.05) is 5.75 Å². The van der Waals surface area contributed by atoms with Crippen LogP contribution in [0.4, 0.5) is 0 Å². The number of benzene rings is 2. The van der Waals surface area contributed by atoms with Gasteiger partial charge in [0, 0.05) is 15.0 Å². The van der Waals surface area contributed by atoms with E-state index in [0.717, 1.165) is 0 Å². The topological polar surface area (TPSA) is 0 Å². The van der Waals surface area contributed by atoms with Gasteiger partial charge in [-0.3, -0.25) is 0 Å². The van der Waals surface area contributed by atoms with Gasteiger partial charge in [-0.1, -0.05) is 50.2 Å². The maximum atomic E-state index is 2.33. The molecule has 0 nitrogen and oxygen atoms in total. The summed E-state index contributed by atoms with van der Waals surface area (Å²) in [6, 6.07) is 21.4. The molecule has 0 saturated carbocycles. The van der Waals surface area contributed by atoms with Crippen LogP contribution in [-0.2, 0) is 0 Å². The van der Waals surface area contributed by atoms with Crippen LogP contribution in [0.5, 0.6) is 0 Å². The summed E-state index contributed by atoms with van der Waals surface area (Å²) in [5.41, 5.74) is 0. The smallest absolute Gasteiger partial charge is 0.0125 e. The molecule has 0 bridgehead atoms. The molecular formula is C18H22S2. The third-order valence-corrected chi connectivity index (χ3v) is 5.86. The van der Waals surface area contributed by atoms with E-state index in [9.17, 15) is 0 Å². The van der Waals surface area contributed by atoms with Crippen LogP contribution in [0.1, 0.15) is 20.3 Å². The van der Waals surface area contributed by atoms with Crippen molar-refractivity contribution in [3.05, 3.63) is 60.7 Å². The van der Waals surface area contributed by atoms with Crippen LogP contribution in [0, 0.1) is 5.92 Å². The highest BCUT2D eigenvalue weighted by Gasteiger charge is 2.14. The van der Waals surface area contributed by atoms with E-state index in [0.29, 0.717) is 11.2 Å². The molecule has 0 aliphatic rings. The van der Waals surface area contributed by atoms with E-state index in [4.69, 9.17) is 0 Å². The number of hydrogen-bond acceptors (Lipinski definition) is 2. The quantitative estimate of drug-likeness (QED) is 0.576. The highest BCUT2D eigenvalue weighted by molar-refractivity contribution is 8.00. The lowest BCUT2D eigenvalue weighted by molar-refractivity contribution is 0.597. The molecule has 0 N–H and O–H groups in total. The van der Waals surface area contributed by atoms with Crippen LogP contribution in [0.15, 0.2) is 70.5 Å². The Hall–Kier alpha value is -0.860. The molecule has 0 aliphatic carbocycles. The van der Waals surface area contributed by atoms with Crippen molar-refractivity contribution in [2.24, 2.45) is 5.92 Å². The summed E-state index contributed by atoms with van der Waals surface area (Å²) in [6.07, 6.45) is 1.25. The number of rotatable bonds is 7. The predicted octanol–water partition coefficient (Wildman–Crippen LogP) is 5.99. The first kappa shape index (κ1) is 15.5. The molecule has 1 atom stereocenters. The van der Waals surface area contributed by atoms with E-state index >= 15 is 0 Å². The van der Waals surface area contributed by atoms with Gasteiger partial charge in [0.05, 0.1) is 0 Å². The zero-order chi connectivity index (χ0) is 14.2. The van der Waals surface area contributed by atoms with E-state index in [2.05, 4.69) is 74.5 Å². The van der Waals surface area contributed by atoms with Crippen molar-refractivity contribution >= 4 is 23.5 Å². The summed E-state index contributed by atoms with van der Waals surface area (Å²) in [6.45, 7) is 4.65. The maximum absolute atomic E-state index is 2.33. The van der Waals surface area contributed by atoms with Gasteiger partial charge in [-0.25, -0.2) is 0 Å². The Morgan fingerprint density at radius 2 is 1.35 bits per heavy atom. The minimum absolute atomic E-state index is 0.689. The monoisotopic (exact) mass is 302 g/mol. The Kier molecular flexibility index (Phi) is 6.55. The second-order valence-electron chi connectivity index (χ2n) is 5.16. The van der Waals surface area contributed by atoms with Crippen LogP contribution in [-0.4, -0.2) is 11.0 Å². The second kappa shape index (κ2) is 8.43. The Balaban J connectivity index is 1.84. The summed E-state index contributed by atoms with van der Waals surface area (Å²) in [4.78, 5) is 2.76. The second-order valence-corrected chi connectivity index (χ2v) is 7.64. The third kappa shape index (κ3) is 5.26. The summed E-state index contributed by atoms with van der Waals surface area (Å²) in [5.74, 6) is 1.89. The summed E-state index contributed by atoms with van der Waals surface area (Å²) >= 11 is 3.98. The first-order chi connectivity index (χ1) is 9.75. The fourth-order valence-corrected chi connectivity index (χ4v) is 4.29. The lowest BCUT2D eigenvalue weighted by Crippen LogP contribution is -2.12. The predicted molar refractivity (Wildman–Crippen MR) is 92.7 cm³/mol. The zero-order valence-corrected chi connectivity index (χ0v) is 13.8. The normalized spacial score (nSPS) is 12.6. The first-order valence-electron chi connectivity index (χ1n) is 7.15. The minimum atomic E-state index is 0.689. The van der Waals surface area contributed by atoms with Crippen molar-refractivity contribution in [1.29, 1.82) is 0 Å².